The van der Waals surface area contributed by atoms with Crippen LogP contribution in [0, 0.1) is 0 Å². The Labute approximate surface area is 338 Å². The number of rotatable bonds is 8. The maximum atomic E-state index is 8.74. The van der Waals surface area contributed by atoms with Crippen molar-refractivity contribution in [1.29, 1.82) is 0 Å². The normalized spacial score (nSPS) is 11.2. The zero-order chi connectivity index (χ0) is 40.1. The number of nitrogens with zero attached hydrogens (tertiary/aromatic N) is 4. The number of allylic oxidation sites excluding steroid dienone is 2. The lowest BCUT2D eigenvalue weighted by Crippen LogP contribution is -2.04. The average molecular weight is 841 g/mol. The van der Waals surface area contributed by atoms with E-state index in [4.69, 9.17) is 86.9 Å². The molecule has 2 heterocycles. The van der Waals surface area contributed by atoms with Gasteiger partial charge in [-0.3, -0.25) is 9.11 Å². The van der Waals surface area contributed by atoms with Gasteiger partial charge in [0.15, 0.2) is 0 Å². The molecule has 55 heavy (non-hydrogen) atoms. The number of hydrogen-bond acceptors (Lipinski definition) is 10. The van der Waals surface area contributed by atoms with Crippen LogP contribution in [0.4, 0.5) is 23.5 Å². The van der Waals surface area contributed by atoms with E-state index >= 15 is 0 Å². The Morgan fingerprint density at radius 1 is 0.527 bits per heavy atom. The molecule has 0 aliphatic heterocycles. The third-order valence-corrected chi connectivity index (χ3v) is 8.80. The minimum Gasteiger partial charge on any atom is -0.383 e. The van der Waals surface area contributed by atoms with E-state index in [0.29, 0.717) is 54.2 Å². The smallest absolute Gasteiger partial charge is 0.383 e. The number of nitrogen functional groups attached to an aromatic ring is 4. The first kappa shape index (κ1) is 42.5. The molecule has 284 valence electrons. The fourth-order valence-corrected chi connectivity index (χ4v) is 5.60. The largest absolute Gasteiger partial charge is 0.394 e. The summed E-state index contributed by atoms with van der Waals surface area (Å²) in [7, 11) is -4.67. The summed E-state index contributed by atoms with van der Waals surface area (Å²) in [6.45, 7) is 0. The summed E-state index contributed by atoms with van der Waals surface area (Å²) >= 11 is 24.2. The predicted molar refractivity (Wildman–Crippen MR) is 225 cm³/mol. The lowest BCUT2D eigenvalue weighted by atomic mass is 10.0. The van der Waals surface area contributed by atoms with Gasteiger partial charge in [-0.25, -0.2) is 9.97 Å². The summed E-state index contributed by atoms with van der Waals surface area (Å²) in [4.78, 5) is 16.8. The molecule has 17 heteroatoms. The molecule has 6 rings (SSSR count). The van der Waals surface area contributed by atoms with Crippen LogP contribution < -0.4 is 22.9 Å². The van der Waals surface area contributed by atoms with E-state index in [1.807, 2.05) is 72.8 Å². The van der Waals surface area contributed by atoms with Crippen LogP contribution >= 0.6 is 46.4 Å². The topological polar surface area (TPSA) is 230 Å². The first-order valence-electron chi connectivity index (χ1n) is 16.0. The van der Waals surface area contributed by atoms with Crippen LogP contribution in [0.15, 0.2) is 109 Å². The molecule has 12 nitrogen and oxygen atoms in total. The second-order valence-corrected chi connectivity index (χ2v) is 13.9. The molecule has 6 aromatic rings. The summed E-state index contributed by atoms with van der Waals surface area (Å²) in [5.41, 5.74) is 30.3. The van der Waals surface area contributed by atoms with Gasteiger partial charge in [0, 0.05) is 11.1 Å². The van der Waals surface area contributed by atoms with Gasteiger partial charge in [-0.2, -0.15) is 18.4 Å². The Hall–Kier alpha value is -5.25. The van der Waals surface area contributed by atoms with Gasteiger partial charge in [-0.15, -0.1) is 0 Å². The van der Waals surface area contributed by atoms with Gasteiger partial charge in [0.1, 0.15) is 11.6 Å². The highest BCUT2D eigenvalue weighted by Crippen LogP contribution is 2.35. The van der Waals surface area contributed by atoms with Gasteiger partial charge >= 0.3 is 10.4 Å². The summed E-state index contributed by atoms with van der Waals surface area (Å²) in [5.74, 6) is 0.844. The monoisotopic (exact) mass is 838 g/mol. The van der Waals surface area contributed by atoms with Gasteiger partial charge in [0.2, 0.25) is 11.9 Å². The van der Waals surface area contributed by atoms with Gasteiger partial charge in [-0.05, 0) is 71.5 Å². The Bertz CT molecular complexity index is 2260. The van der Waals surface area contributed by atoms with Crippen molar-refractivity contribution in [1.82, 2.24) is 19.9 Å². The van der Waals surface area contributed by atoms with Gasteiger partial charge in [0.25, 0.3) is 0 Å². The Balaban J connectivity index is 0.000000218. The van der Waals surface area contributed by atoms with Crippen LogP contribution in [-0.4, -0.2) is 37.5 Å². The second-order valence-electron chi connectivity index (χ2n) is 11.3. The van der Waals surface area contributed by atoms with E-state index in [-0.39, 0.29) is 11.9 Å². The first-order chi connectivity index (χ1) is 26.1. The van der Waals surface area contributed by atoms with Crippen molar-refractivity contribution >= 4 is 92.5 Å². The van der Waals surface area contributed by atoms with Crippen molar-refractivity contribution in [2.75, 3.05) is 22.9 Å². The standard InChI is InChI=1S/2C19H16Cl2N4.H2O4S/c2*20-14-10-9-13(11-15(14)21)17-16(24-19(23)25-18(17)22)8-4-7-12-5-2-1-3-6-12;1-5(2,3)4/h2*1-6,8-11H,7H2,(H4,22,23,24,25);(H2,1,2,3,4). The number of nitrogens with two attached hydrogens (primary N) is 4. The first-order valence-corrected chi connectivity index (χ1v) is 18.9. The molecular formula is C38H34Cl4N8O4S. The highest BCUT2D eigenvalue weighted by atomic mass is 35.5. The highest BCUT2D eigenvalue weighted by Gasteiger charge is 2.15. The number of anilines is 4. The molecule has 0 bridgehead atoms. The molecule has 0 saturated carbocycles. The third-order valence-electron chi connectivity index (χ3n) is 7.33. The fourth-order valence-electron chi connectivity index (χ4n) is 5.01. The maximum absolute atomic E-state index is 8.74. The van der Waals surface area contributed by atoms with E-state index in [0.717, 1.165) is 24.0 Å². The second kappa shape index (κ2) is 19.9. The number of aromatic nitrogens is 4. The van der Waals surface area contributed by atoms with E-state index in [1.54, 1.807) is 24.3 Å². The van der Waals surface area contributed by atoms with E-state index in [2.05, 4.69) is 44.2 Å². The van der Waals surface area contributed by atoms with E-state index < -0.39 is 10.4 Å². The molecule has 4 aromatic carbocycles. The van der Waals surface area contributed by atoms with Crippen LogP contribution in [0.3, 0.4) is 0 Å². The van der Waals surface area contributed by atoms with Crippen molar-refractivity contribution in [3.63, 3.8) is 0 Å². The lowest BCUT2D eigenvalue weighted by molar-refractivity contribution is 0.381. The Morgan fingerprint density at radius 3 is 1.20 bits per heavy atom. The van der Waals surface area contributed by atoms with Gasteiger partial charge in [0.05, 0.1) is 31.5 Å². The number of benzene rings is 4. The van der Waals surface area contributed by atoms with Crippen molar-refractivity contribution in [2.24, 2.45) is 0 Å². The van der Waals surface area contributed by atoms with E-state index in [1.165, 1.54) is 11.1 Å². The minimum atomic E-state index is -4.67. The van der Waals surface area contributed by atoms with Crippen LogP contribution in [-0.2, 0) is 23.2 Å². The summed E-state index contributed by atoms with van der Waals surface area (Å²) < 4.78 is 31.6. The fraction of sp³-hybridized carbons (Fsp3) is 0.0526. The maximum Gasteiger partial charge on any atom is 0.394 e. The zero-order valence-corrected chi connectivity index (χ0v) is 32.5. The molecule has 0 spiro atoms. The quantitative estimate of drug-likeness (QED) is 0.0789. The van der Waals surface area contributed by atoms with Gasteiger partial charge in [-0.1, -0.05) is 131 Å². The van der Waals surface area contributed by atoms with Gasteiger partial charge < -0.3 is 22.9 Å². The van der Waals surface area contributed by atoms with Crippen molar-refractivity contribution < 1.29 is 17.5 Å². The van der Waals surface area contributed by atoms with Crippen molar-refractivity contribution in [3.05, 3.63) is 152 Å². The van der Waals surface area contributed by atoms with Crippen molar-refractivity contribution in [2.45, 2.75) is 12.8 Å². The molecule has 10 N–H and O–H groups in total. The Kier molecular flexibility index (Phi) is 15.4. The lowest BCUT2D eigenvalue weighted by Gasteiger charge is -2.10. The molecule has 0 fully saturated rings. The molecule has 0 aliphatic carbocycles. The molecule has 0 atom stereocenters. The SMILES string of the molecule is Nc1nc(N)c(-c2ccc(Cl)c(Cl)c2)c(C=CCc2ccccc2)n1.Nc1nc(N)c(-c2ccc(Cl)c(Cl)c2)c(C=CCc2ccccc2)n1.O=S(=O)(O)O. The molecule has 0 saturated heterocycles. The average Bonchev–Trinajstić information content (AvgIpc) is 3.11. The molecule has 2 aromatic heterocycles. The third kappa shape index (κ3) is 13.5. The van der Waals surface area contributed by atoms with Crippen LogP contribution in [0.2, 0.25) is 20.1 Å². The molecule has 0 unspecified atom stereocenters. The van der Waals surface area contributed by atoms with Crippen LogP contribution in [0.5, 0.6) is 0 Å². The highest BCUT2D eigenvalue weighted by molar-refractivity contribution is 7.79. The molecule has 0 radical (unpaired) electrons. The van der Waals surface area contributed by atoms with Crippen molar-refractivity contribution in [3.8, 4) is 22.3 Å². The zero-order valence-electron chi connectivity index (χ0n) is 28.7. The summed E-state index contributed by atoms with van der Waals surface area (Å²) in [6, 6.07) is 30.8. The number of halogens is 4. The molecule has 0 amide bonds. The van der Waals surface area contributed by atoms with E-state index in [9.17, 15) is 0 Å². The summed E-state index contributed by atoms with van der Waals surface area (Å²) in [5, 5.41) is 1.83. The summed E-state index contributed by atoms with van der Waals surface area (Å²) in [6.07, 6.45) is 9.34. The van der Waals surface area contributed by atoms with Crippen LogP contribution in [0.25, 0.3) is 34.4 Å². The van der Waals surface area contributed by atoms with Crippen LogP contribution in [0.1, 0.15) is 22.5 Å². The molecular weight excluding hydrogens is 806 g/mol. The predicted octanol–water partition coefficient (Wildman–Crippen LogP) is 9.09. The minimum absolute atomic E-state index is 0.126. The number of hydrogen-bond donors (Lipinski definition) is 6. The Morgan fingerprint density at radius 2 is 0.873 bits per heavy atom. The molecule has 0 aliphatic rings.